The summed E-state index contributed by atoms with van der Waals surface area (Å²) in [6, 6.07) is 2.02. The molecule has 0 atom stereocenters. The van der Waals surface area contributed by atoms with Crippen LogP contribution in [-0.4, -0.2) is 14.5 Å². The quantitative estimate of drug-likeness (QED) is 0.882. The normalized spacial score (nSPS) is 12.2. The Labute approximate surface area is 108 Å². The molecule has 2 rings (SSSR count). The van der Waals surface area contributed by atoms with Crippen LogP contribution in [0.1, 0.15) is 45.9 Å². The van der Waals surface area contributed by atoms with E-state index in [1.54, 1.807) is 0 Å². The van der Waals surface area contributed by atoms with Crippen LogP contribution < -0.4 is 5.73 Å². The van der Waals surface area contributed by atoms with Crippen molar-refractivity contribution in [2.24, 2.45) is 5.73 Å². The SMILES string of the molecule is CCCn1c(C(N)(CC)CC)nc2cnccc21. The minimum absolute atomic E-state index is 0.339. The molecule has 0 unspecified atom stereocenters. The van der Waals surface area contributed by atoms with E-state index in [0.29, 0.717) is 0 Å². The molecule has 0 aliphatic rings. The Morgan fingerprint density at radius 3 is 2.61 bits per heavy atom. The highest BCUT2D eigenvalue weighted by Crippen LogP contribution is 2.28. The molecule has 0 bridgehead atoms. The van der Waals surface area contributed by atoms with Gasteiger partial charge < -0.3 is 10.3 Å². The number of aryl methyl sites for hydroxylation is 1. The molecule has 4 nitrogen and oxygen atoms in total. The van der Waals surface area contributed by atoms with E-state index in [1.165, 1.54) is 0 Å². The van der Waals surface area contributed by atoms with Crippen LogP contribution in [0.15, 0.2) is 18.5 Å². The van der Waals surface area contributed by atoms with Gasteiger partial charge in [0, 0.05) is 12.7 Å². The zero-order valence-electron chi connectivity index (χ0n) is 11.5. The molecule has 0 amide bonds. The fourth-order valence-electron chi connectivity index (χ4n) is 2.38. The van der Waals surface area contributed by atoms with Crippen LogP contribution in [-0.2, 0) is 12.1 Å². The molecule has 0 fully saturated rings. The Balaban J connectivity index is 2.65. The molecule has 2 aromatic heterocycles. The monoisotopic (exact) mass is 246 g/mol. The van der Waals surface area contributed by atoms with Crippen LogP contribution in [0, 0.1) is 0 Å². The van der Waals surface area contributed by atoms with Gasteiger partial charge in [-0.3, -0.25) is 4.98 Å². The van der Waals surface area contributed by atoms with Crippen molar-refractivity contribution in [2.45, 2.75) is 52.1 Å². The topological polar surface area (TPSA) is 56.7 Å². The highest BCUT2D eigenvalue weighted by atomic mass is 15.1. The predicted molar refractivity (Wildman–Crippen MR) is 74.3 cm³/mol. The highest BCUT2D eigenvalue weighted by molar-refractivity contribution is 5.75. The largest absolute Gasteiger partial charge is 0.326 e. The summed E-state index contributed by atoms with van der Waals surface area (Å²) in [5.74, 6) is 0.998. The second-order valence-electron chi connectivity index (χ2n) is 4.81. The lowest BCUT2D eigenvalue weighted by Crippen LogP contribution is -2.38. The lowest BCUT2D eigenvalue weighted by molar-refractivity contribution is 0.370. The van der Waals surface area contributed by atoms with E-state index in [2.05, 4.69) is 30.3 Å². The van der Waals surface area contributed by atoms with Gasteiger partial charge in [0.25, 0.3) is 0 Å². The number of rotatable bonds is 5. The average molecular weight is 246 g/mol. The van der Waals surface area contributed by atoms with E-state index >= 15 is 0 Å². The maximum atomic E-state index is 6.51. The van der Waals surface area contributed by atoms with E-state index < -0.39 is 0 Å². The van der Waals surface area contributed by atoms with Crippen molar-refractivity contribution in [2.75, 3.05) is 0 Å². The zero-order chi connectivity index (χ0) is 13.2. The molecule has 0 spiro atoms. The van der Waals surface area contributed by atoms with Crippen LogP contribution in [0.3, 0.4) is 0 Å². The van der Waals surface area contributed by atoms with Crippen LogP contribution in [0.4, 0.5) is 0 Å². The molecule has 0 saturated carbocycles. The lowest BCUT2D eigenvalue weighted by Gasteiger charge is -2.27. The van der Waals surface area contributed by atoms with Crippen LogP contribution >= 0.6 is 0 Å². The second-order valence-corrected chi connectivity index (χ2v) is 4.81. The number of hydrogen-bond acceptors (Lipinski definition) is 3. The van der Waals surface area contributed by atoms with Crippen LogP contribution in [0.25, 0.3) is 11.0 Å². The number of nitrogens with zero attached hydrogens (tertiary/aromatic N) is 3. The van der Waals surface area contributed by atoms with Crippen molar-refractivity contribution in [3.63, 3.8) is 0 Å². The van der Waals surface area contributed by atoms with Crippen molar-refractivity contribution in [1.82, 2.24) is 14.5 Å². The summed E-state index contributed by atoms with van der Waals surface area (Å²) in [6.45, 7) is 7.37. The van der Waals surface area contributed by atoms with Gasteiger partial charge in [-0.1, -0.05) is 20.8 Å². The number of aromatic nitrogens is 3. The first-order valence-electron chi connectivity index (χ1n) is 6.75. The summed E-state index contributed by atoms with van der Waals surface area (Å²) >= 11 is 0. The summed E-state index contributed by atoms with van der Waals surface area (Å²) in [7, 11) is 0. The molecule has 0 radical (unpaired) electrons. The van der Waals surface area contributed by atoms with Gasteiger partial charge in [0.15, 0.2) is 0 Å². The third kappa shape index (κ3) is 2.01. The summed E-state index contributed by atoms with van der Waals surface area (Å²) < 4.78 is 2.25. The number of pyridine rings is 1. The van der Waals surface area contributed by atoms with E-state index in [-0.39, 0.29) is 5.54 Å². The summed E-state index contributed by atoms with van der Waals surface area (Å²) in [5.41, 5.74) is 8.25. The van der Waals surface area contributed by atoms with E-state index in [4.69, 9.17) is 10.7 Å². The third-order valence-corrected chi connectivity index (χ3v) is 3.70. The molecule has 2 N–H and O–H groups in total. The molecule has 18 heavy (non-hydrogen) atoms. The Hall–Kier alpha value is -1.42. The fraction of sp³-hybridized carbons (Fsp3) is 0.571. The van der Waals surface area contributed by atoms with E-state index in [1.807, 2.05) is 18.5 Å². The van der Waals surface area contributed by atoms with Crippen LogP contribution in [0.2, 0.25) is 0 Å². The minimum atomic E-state index is -0.339. The standard InChI is InChI=1S/C14H22N4/c1-4-9-18-12-7-8-16-10-11(12)17-13(18)14(15,5-2)6-3/h7-8,10H,4-6,9,15H2,1-3H3. The van der Waals surface area contributed by atoms with Crippen molar-refractivity contribution in [1.29, 1.82) is 0 Å². The Bertz CT molecular complexity index is 526. The smallest absolute Gasteiger partial charge is 0.130 e. The first-order chi connectivity index (χ1) is 8.66. The number of hydrogen-bond donors (Lipinski definition) is 1. The van der Waals surface area contributed by atoms with Crippen molar-refractivity contribution in [3.05, 3.63) is 24.3 Å². The van der Waals surface area contributed by atoms with Crippen molar-refractivity contribution >= 4 is 11.0 Å². The van der Waals surface area contributed by atoms with Gasteiger partial charge in [0.05, 0.1) is 17.3 Å². The Morgan fingerprint density at radius 2 is 2.00 bits per heavy atom. The predicted octanol–water partition coefficient (Wildman–Crippen LogP) is 2.82. The maximum Gasteiger partial charge on any atom is 0.130 e. The van der Waals surface area contributed by atoms with Gasteiger partial charge in [-0.15, -0.1) is 0 Å². The number of imidazole rings is 1. The average Bonchev–Trinajstić information content (AvgIpc) is 2.78. The Kier molecular flexibility index (Phi) is 3.66. The molecule has 0 aliphatic carbocycles. The fourth-order valence-corrected chi connectivity index (χ4v) is 2.38. The van der Waals surface area contributed by atoms with E-state index in [0.717, 1.165) is 42.7 Å². The molecule has 0 aliphatic heterocycles. The first-order valence-corrected chi connectivity index (χ1v) is 6.75. The van der Waals surface area contributed by atoms with Gasteiger partial charge in [0.1, 0.15) is 11.3 Å². The van der Waals surface area contributed by atoms with Gasteiger partial charge in [-0.05, 0) is 25.3 Å². The number of nitrogens with two attached hydrogens (primary N) is 1. The molecular formula is C14H22N4. The molecule has 98 valence electrons. The molecule has 2 aromatic rings. The maximum absolute atomic E-state index is 6.51. The highest BCUT2D eigenvalue weighted by Gasteiger charge is 2.29. The van der Waals surface area contributed by atoms with Gasteiger partial charge in [-0.2, -0.15) is 0 Å². The molecule has 0 aromatic carbocycles. The molecular weight excluding hydrogens is 224 g/mol. The summed E-state index contributed by atoms with van der Waals surface area (Å²) in [6.07, 6.45) is 6.49. The third-order valence-electron chi connectivity index (χ3n) is 3.70. The number of fused-ring (bicyclic) bond motifs is 1. The second kappa shape index (κ2) is 5.06. The van der Waals surface area contributed by atoms with Gasteiger partial charge >= 0.3 is 0 Å². The molecule has 0 saturated heterocycles. The summed E-state index contributed by atoms with van der Waals surface area (Å²) in [4.78, 5) is 8.87. The molecule has 4 heteroatoms. The summed E-state index contributed by atoms with van der Waals surface area (Å²) in [5, 5.41) is 0. The molecule has 2 heterocycles. The zero-order valence-corrected chi connectivity index (χ0v) is 11.5. The lowest BCUT2D eigenvalue weighted by atomic mass is 9.93. The Morgan fingerprint density at radius 1 is 1.28 bits per heavy atom. The first kappa shape index (κ1) is 13.0. The van der Waals surface area contributed by atoms with E-state index in [9.17, 15) is 0 Å². The van der Waals surface area contributed by atoms with Crippen molar-refractivity contribution < 1.29 is 0 Å². The van der Waals surface area contributed by atoms with Gasteiger partial charge in [0.2, 0.25) is 0 Å². The van der Waals surface area contributed by atoms with Crippen LogP contribution in [0.5, 0.6) is 0 Å². The van der Waals surface area contributed by atoms with Crippen molar-refractivity contribution in [3.8, 4) is 0 Å². The minimum Gasteiger partial charge on any atom is -0.326 e. The van der Waals surface area contributed by atoms with Gasteiger partial charge in [-0.25, -0.2) is 4.98 Å².